The van der Waals surface area contributed by atoms with Gasteiger partial charge in [0.2, 0.25) is 5.91 Å². The Labute approximate surface area is 171 Å². The van der Waals surface area contributed by atoms with Crippen molar-refractivity contribution in [3.63, 3.8) is 0 Å². The fraction of sp³-hybridized carbons (Fsp3) is 0.812. The summed E-state index contributed by atoms with van der Waals surface area (Å²) < 4.78 is 5.44. The van der Waals surface area contributed by atoms with Gasteiger partial charge in [0.05, 0.1) is 32.8 Å². The van der Waals surface area contributed by atoms with E-state index in [1.54, 1.807) is 0 Å². The van der Waals surface area contributed by atoms with Crippen LogP contribution >= 0.6 is 24.0 Å². The van der Waals surface area contributed by atoms with Crippen LogP contribution in [0.3, 0.4) is 0 Å². The molecule has 0 bridgehead atoms. The first-order chi connectivity index (χ1) is 12.2. The van der Waals surface area contributed by atoms with E-state index in [1.807, 2.05) is 6.92 Å². The van der Waals surface area contributed by atoms with Gasteiger partial charge in [0.15, 0.2) is 5.96 Å². The third-order valence-electron chi connectivity index (χ3n) is 4.88. The maximum Gasteiger partial charge on any atom is 0.324 e. The highest BCUT2D eigenvalue weighted by Gasteiger charge is 2.31. The van der Waals surface area contributed by atoms with Gasteiger partial charge in [0, 0.05) is 38.8 Å². The van der Waals surface area contributed by atoms with Gasteiger partial charge in [0.25, 0.3) is 0 Å². The Morgan fingerprint density at radius 2 is 2.08 bits per heavy atom. The minimum Gasteiger partial charge on any atom is -0.379 e. The van der Waals surface area contributed by atoms with E-state index < -0.39 is 0 Å². The first-order valence-electron chi connectivity index (χ1n) is 9.12. The lowest BCUT2D eigenvalue weighted by Crippen LogP contribution is -2.46. The third-order valence-corrected chi connectivity index (χ3v) is 4.88. The van der Waals surface area contributed by atoms with Crippen molar-refractivity contribution in [3.05, 3.63) is 0 Å². The number of morpholine rings is 1. The third kappa shape index (κ3) is 5.19. The van der Waals surface area contributed by atoms with Crippen LogP contribution in [0, 0.1) is 0 Å². The van der Waals surface area contributed by atoms with E-state index in [0.717, 1.165) is 58.3 Å². The van der Waals surface area contributed by atoms with Gasteiger partial charge < -0.3 is 20.3 Å². The monoisotopic (exact) mass is 480 g/mol. The Kier molecular flexibility index (Phi) is 8.35. The number of carbonyl (C=O) groups is 2. The number of urea groups is 1. The van der Waals surface area contributed by atoms with E-state index in [4.69, 9.17) is 4.74 Å². The average Bonchev–Trinajstić information content (AvgIpc) is 3.24. The Bertz CT molecular complexity index is 510. The zero-order chi connectivity index (χ0) is 17.6. The Balaban J connectivity index is 0.00000243. The van der Waals surface area contributed by atoms with Crippen LogP contribution in [-0.2, 0) is 9.53 Å². The Morgan fingerprint density at radius 3 is 2.73 bits per heavy atom. The van der Waals surface area contributed by atoms with Gasteiger partial charge in [-0.15, -0.1) is 24.0 Å². The minimum atomic E-state index is -0.321. The highest BCUT2D eigenvalue weighted by molar-refractivity contribution is 14.0. The molecule has 10 heteroatoms. The van der Waals surface area contributed by atoms with Gasteiger partial charge in [0.1, 0.15) is 0 Å². The molecular formula is C16H29IN6O3. The summed E-state index contributed by atoms with van der Waals surface area (Å²) in [6, 6.07) is 0.220. The van der Waals surface area contributed by atoms with Crippen LogP contribution in [-0.4, -0.2) is 104 Å². The second-order valence-corrected chi connectivity index (χ2v) is 6.48. The quantitative estimate of drug-likeness (QED) is 0.240. The van der Waals surface area contributed by atoms with Crippen LogP contribution in [0.15, 0.2) is 4.99 Å². The van der Waals surface area contributed by atoms with E-state index >= 15 is 0 Å². The minimum absolute atomic E-state index is 0. The molecule has 148 valence electrons. The summed E-state index contributed by atoms with van der Waals surface area (Å²) in [5.74, 6) is 0.684. The lowest BCUT2D eigenvalue weighted by molar-refractivity contribution is -0.124. The molecule has 9 nitrogen and oxygen atoms in total. The van der Waals surface area contributed by atoms with Gasteiger partial charge >= 0.3 is 6.03 Å². The number of guanidine groups is 1. The van der Waals surface area contributed by atoms with Crippen molar-refractivity contribution in [3.8, 4) is 0 Å². The maximum absolute atomic E-state index is 11.6. The molecule has 0 saturated carbocycles. The summed E-state index contributed by atoms with van der Waals surface area (Å²) in [6.45, 7) is 9.22. The van der Waals surface area contributed by atoms with Crippen LogP contribution in [0.25, 0.3) is 0 Å². The lowest BCUT2D eigenvalue weighted by atomic mass is 10.2. The predicted octanol–water partition coefficient (Wildman–Crippen LogP) is -0.472. The molecule has 3 aliphatic rings. The van der Waals surface area contributed by atoms with Gasteiger partial charge in [-0.1, -0.05) is 0 Å². The number of rotatable bonds is 5. The molecule has 3 aliphatic heterocycles. The zero-order valence-corrected chi connectivity index (χ0v) is 17.6. The summed E-state index contributed by atoms with van der Waals surface area (Å²) in [5, 5.41) is 5.85. The summed E-state index contributed by atoms with van der Waals surface area (Å²) >= 11 is 0. The average molecular weight is 480 g/mol. The Morgan fingerprint density at radius 1 is 1.31 bits per heavy atom. The van der Waals surface area contributed by atoms with Crippen LogP contribution in [0.5, 0.6) is 0 Å². The number of nitrogens with zero attached hydrogens (tertiary/aromatic N) is 4. The number of likely N-dealkylation sites (tertiary alicyclic amines) is 1. The largest absolute Gasteiger partial charge is 0.379 e. The van der Waals surface area contributed by atoms with Crippen LogP contribution in [0.4, 0.5) is 4.79 Å². The van der Waals surface area contributed by atoms with Crippen molar-refractivity contribution >= 4 is 41.9 Å². The molecule has 1 unspecified atom stereocenters. The summed E-state index contributed by atoms with van der Waals surface area (Å²) in [5.41, 5.74) is 0. The smallest absolute Gasteiger partial charge is 0.324 e. The molecule has 0 aliphatic carbocycles. The molecule has 3 fully saturated rings. The molecule has 0 radical (unpaired) electrons. The number of imide groups is 1. The normalized spacial score (nSPS) is 24.7. The topological polar surface area (TPSA) is 89.5 Å². The maximum atomic E-state index is 11.6. The van der Waals surface area contributed by atoms with Crippen molar-refractivity contribution in [2.75, 3.05) is 65.6 Å². The highest BCUT2D eigenvalue weighted by atomic mass is 127. The molecular weight excluding hydrogens is 451 g/mol. The number of hydrogen-bond acceptors (Lipinski definition) is 5. The first-order valence-corrected chi connectivity index (χ1v) is 9.12. The second-order valence-electron chi connectivity index (χ2n) is 6.48. The van der Waals surface area contributed by atoms with E-state index in [-0.39, 0.29) is 42.5 Å². The molecule has 26 heavy (non-hydrogen) atoms. The number of amides is 3. The molecule has 3 amide bonds. The van der Waals surface area contributed by atoms with Crippen molar-refractivity contribution < 1.29 is 14.3 Å². The molecule has 0 aromatic heterocycles. The van der Waals surface area contributed by atoms with Crippen molar-refractivity contribution in [1.29, 1.82) is 0 Å². The van der Waals surface area contributed by atoms with Crippen molar-refractivity contribution in [1.82, 2.24) is 25.3 Å². The summed E-state index contributed by atoms with van der Waals surface area (Å²) in [7, 11) is 0. The number of ether oxygens (including phenoxy) is 1. The fourth-order valence-corrected chi connectivity index (χ4v) is 3.54. The molecule has 0 aromatic rings. The van der Waals surface area contributed by atoms with E-state index in [9.17, 15) is 9.59 Å². The van der Waals surface area contributed by atoms with Crippen molar-refractivity contribution in [2.45, 2.75) is 19.4 Å². The van der Waals surface area contributed by atoms with E-state index in [2.05, 4.69) is 25.4 Å². The Hall–Kier alpha value is -1.14. The van der Waals surface area contributed by atoms with Gasteiger partial charge in [-0.25, -0.2) is 4.79 Å². The number of halogens is 1. The second kappa shape index (κ2) is 10.3. The number of carbonyl (C=O) groups excluding carboxylic acids is 2. The molecule has 0 aromatic carbocycles. The van der Waals surface area contributed by atoms with Gasteiger partial charge in [-0.3, -0.25) is 19.6 Å². The summed E-state index contributed by atoms with van der Waals surface area (Å²) in [6.07, 6.45) is 1.12. The summed E-state index contributed by atoms with van der Waals surface area (Å²) in [4.78, 5) is 33.8. The van der Waals surface area contributed by atoms with Gasteiger partial charge in [-0.05, 0) is 13.3 Å². The zero-order valence-electron chi connectivity index (χ0n) is 15.3. The van der Waals surface area contributed by atoms with E-state index in [0.29, 0.717) is 19.1 Å². The first kappa shape index (κ1) is 21.2. The molecule has 3 saturated heterocycles. The van der Waals surface area contributed by atoms with Crippen LogP contribution in [0.1, 0.15) is 13.3 Å². The van der Waals surface area contributed by atoms with Gasteiger partial charge in [-0.2, -0.15) is 0 Å². The molecule has 0 spiro atoms. The van der Waals surface area contributed by atoms with E-state index in [1.165, 1.54) is 4.90 Å². The highest BCUT2D eigenvalue weighted by Crippen LogP contribution is 2.17. The molecule has 3 rings (SSSR count). The SMILES string of the molecule is CCNC(=NCCN1C(=O)CNC1=O)N1CCC(N2CCOCC2)C1.I. The number of hydrogen-bond donors (Lipinski definition) is 2. The number of aliphatic imine (C=N–C) groups is 1. The fourth-order valence-electron chi connectivity index (χ4n) is 3.54. The van der Waals surface area contributed by atoms with Crippen molar-refractivity contribution in [2.24, 2.45) is 4.99 Å². The predicted molar refractivity (Wildman–Crippen MR) is 109 cm³/mol. The number of nitrogens with one attached hydrogen (secondary N) is 2. The van der Waals surface area contributed by atoms with Crippen LogP contribution in [0.2, 0.25) is 0 Å². The lowest BCUT2D eigenvalue weighted by Gasteiger charge is -2.32. The molecule has 1 atom stereocenters. The van der Waals surface area contributed by atoms with Crippen LogP contribution < -0.4 is 10.6 Å². The molecule has 3 heterocycles. The molecule has 2 N–H and O–H groups in total. The standard InChI is InChI=1S/C16H28N6O3.HI/c1-2-17-15(18-4-6-22-14(23)11-19-16(22)24)21-5-3-13(12-21)20-7-9-25-10-8-20;/h13H,2-12H2,1H3,(H,17,18)(H,19,24);1H.